The maximum atomic E-state index is 12.2. The van der Waals surface area contributed by atoms with Crippen LogP contribution in [0, 0.1) is 0 Å². The van der Waals surface area contributed by atoms with Crippen molar-refractivity contribution in [1.29, 1.82) is 0 Å². The van der Waals surface area contributed by atoms with Crippen LogP contribution in [-0.4, -0.2) is 50.3 Å². The molecule has 19 heavy (non-hydrogen) atoms. The summed E-state index contributed by atoms with van der Waals surface area (Å²) in [5.74, 6) is -0.353. The molecule has 0 aromatic heterocycles. The van der Waals surface area contributed by atoms with Gasteiger partial charge in [-0.2, -0.15) is 0 Å². The van der Waals surface area contributed by atoms with Crippen LogP contribution in [0.3, 0.4) is 0 Å². The van der Waals surface area contributed by atoms with Gasteiger partial charge in [-0.05, 0) is 25.1 Å². The number of benzene rings is 1. The normalized spacial score (nSPS) is 11.3. The number of aliphatic hydroxyl groups excluding tert-OH is 1. The first-order valence-electron chi connectivity index (χ1n) is 5.80. The first-order valence-corrected chi connectivity index (χ1v) is 7.69. The molecule has 3 N–H and O–H groups in total. The number of hydrogen-bond acceptors (Lipinski definition) is 5. The van der Waals surface area contributed by atoms with Crippen molar-refractivity contribution in [3.8, 4) is 0 Å². The fourth-order valence-corrected chi connectivity index (χ4v) is 2.36. The summed E-state index contributed by atoms with van der Waals surface area (Å²) in [5, 5.41) is 8.89. The maximum Gasteiger partial charge on any atom is 0.254 e. The van der Waals surface area contributed by atoms with E-state index in [1.807, 2.05) is 0 Å². The summed E-state index contributed by atoms with van der Waals surface area (Å²) >= 11 is 0. The van der Waals surface area contributed by atoms with E-state index < -0.39 is 9.84 Å². The van der Waals surface area contributed by atoms with Gasteiger partial charge in [0, 0.05) is 30.6 Å². The smallest absolute Gasteiger partial charge is 0.254 e. The van der Waals surface area contributed by atoms with Crippen molar-refractivity contribution in [3.63, 3.8) is 0 Å². The number of amides is 1. The van der Waals surface area contributed by atoms with Gasteiger partial charge in [-0.15, -0.1) is 0 Å². The van der Waals surface area contributed by atoms with Crippen LogP contribution in [0.5, 0.6) is 0 Å². The Balaban J connectivity index is 3.20. The van der Waals surface area contributed by atoms with Crippen LogP contribution in [0.1, 0.15) is 17.3 Å². The number of hydrogen-bond donors (Lipinski definition) is 2. The van der Waals surface area contributed by atoms with Gasteiger partial charge in [0.15, 0.2) is 9.84 Å². The van der Waals surface area contributed by atoms with Gasteiger partial charge in [-0.3, -0.25) is 4.79 Å². The SMILES string of the molecule is CCN(CCO)C(=O)c1cc(N)cc(S(C)(=O)=O)c1. The minimum Gasteiger partial charge on any atom is -0.399 e. The average Bonchev–Trinajstić information content (AvgIpc) is 2.33. The van der Waals surface area contributed by atoms with Crippen molar-refractivity contribution in [2.75, 3.05) is 31.7 Å². The third-order valence-corrected chi connectivity index (χ3v) is 3.73. The van der Waals surface area contributed by atoms with Gasteiger partial charge in [0.05, 0.1) is 11.5 Å². The first kappa shape index (κ1) is 15.5. The Kier molecular flexibility index (Phi) is 4.90. The Morgan fingerprint density at radius 2 is 2.00 bits per heavy atom. The van der Waals surface area contributed by atoms with E-state index in [1.165, 1.54) is 23.1 Å². The van der Waals surface area contributed by atoms with Crippen molar-refractivity contribution < 1.29 is 18.3 Å². The molecule has 0 unspecified atom stereocenters. The lowest BCUT2D eigenvalue weighted by molar-refractivity contribution is 0.0732. The molecule has 0 spiro atoms. The topological polar surface area (TPSA) is 101 Å². The van der Waals surface area contributed by atoms with Crippen molar-refractivity contribution >= 4 is 21.4 Å². The molecule has 7 heteroatoms. The Labute approximate surface area is 112 Å². The summed E-state index contributed by atoms with van der Waals surface area (Å²) < 4.78 is 23.0. The van der Waals surface area contributed by atoms with Crippen LogP contribution in [-0.2, 0) is 9.84 Å². The van der Waals surface area contributed by atoms with Crippen LogP contribution >= 0.6 is 0 Å². The number of likely N-dealkylation sites (N-methyl/N-ethyl adjacent to an activating group) is 1. The molecule has 0 atom stereocenters. The minimum atomic E-state index is -3.43. The minimum absolute atomic E-state index is 0.0101. The van der Waals surface area contributed by atoms with E-state index in [0.717, 1.165) is 6.26 Å². The second-order valence-corrected chi connectivity index (χ2v) is 6.19. The molecule has 1 aromatic carbocycles. The molecule has 0 saturated carbocycles. The monoisotopic (exact) mass is 286 g/mol. The van der Waals surface area contributed by atoms with Crippen molar-refractivity contribution in [3.05, 3.63) is 23.8 Å². The van der Waals surface area contributed by atoms with E-state index in [4.69, 9.17) is 10.8 Å². The molecule has 1 amide bonds. The van der Waals surface area contributed by atoms with Gasteiger partial charge >= 0.3 is 0 Å². The zero-order chi connectivity index (χ0) is 14.6. The van der Waals surface area contributed by atoms with Crippen LogP contribution in [0.25, 0.3) is 0 Å². The van der Waals surface area contributed by atoms with Gasteiger partial charge in [-0.1, -0.05) is 0 Å². The van der Waals surface area contributed by atoms with Gasteiger partial charge in [0.25, 0.3) is 5.91 Å². The van der Waals surface area contributed by atoms with Gasteiger partial charge < -0.3 is 15.7 Å². The third kappa shape index (κ3) is 3.93. The Hall–Kier alpha value is -1.60. The van der Waals surface area contributed by atoms with Crippen LogP contribution < -0.4 is 5.73 Å². The highest BCUT2D eigenvalue weighted by Gasteiger charge is 2.17. The van der Waals surface area contributed by atoms with Crippen molar-refractivity contribution in [1.82, 2.24) is 4.90 Å². The number of anilines is 1. The molecule has 0 aliphatic carbocycles. The molecule has 0 fully saturated rings. The van der Waals surface area contributed by atoms with E-state index in [0.29, 0.717) is 6.54 Å². The van der Waals surface area contributed by atoms with Crippen molar-refractivity contribution in [2.24, 2.45) is 0 Å². The molecule has 6 nitrogen and oxygen atoms in total. The molecule has 1 rings (SSSR count). The largest absolute Gasteiger partial charge is 0.399 e. The number of carbonyl (C=O) groups is 1. The zero-order valence-corrected chi connectivity index (χ0v) is 11.8. The maximum absolute atomic E-state index is 12.2. The summed E-state index contributed by atoms with van der Waals surface area (Å²) in [6.07, 6.45) is 1.06. The highest BCUT2D eigenvalue weighted by Crippen LogP contribution is 2.18. The molecule has 0 saturated heterocycles. The number of aliphatic hydroxyl groups is 1. The van der Waals surface area contributed by atoms with Gasteiger partial charge in [0.1, 0.15) is 0 Å². The van der Waals surface area contributed by atoms with Gasteiger partial charge in [0.2, 0.25) is 0 Å². The molecule has 0 bridgehead atoms. The quantitative estimate of drug-likeness (QED) is 0.749. The van der Waals surface area contributed by atoms with Gasteiger partial charge in [-0.25, -0.2) is 8.42 Å². The Bertz CT molecular complexity index is 569. The summed E-state index contributed by atoms with van der Waals surface area (Å²) in [5.41, 5.74) is 6.04. The number of nitrogen functional groups attached to an aromatic ring is 1. The number of rotatable bonds is 5. The van der Waals surface area contributed by atoms with Crippen molar-refractivity contribution in [2.45, 2.75) is 11.8 Å². The van der Waals surface area contributed by atoms with E-state index in [1.54, 1.807) is 6.92 Å². The zero-order valence-electron chi connectivity index (χ0n) is 11.0. The highest BCUT2D eigenvalue weighted by molar-refractivity contribution is 7.90. The second kappa shape index (κ2) is 6.03. The van der Waals surface area contributed by atoms with E-state index in [-0.39, 0.29) is 35.2 Å². The predicted octanol–water partition coefficient (Wildman–Crippen LogP) is 0.127. The fraction of sp³-hybridized carbons (Fsp3) is 0.417. The second-order valence-electron chi connectivity index (χ2n) is 4.17. The van der Waals surface area contributed by atoms with E-state index in [2.05, 4.69) is 0 Å². The average molecular weight is 286 g/mol. The lowest BCUT2D eigenvalue weighted by Gasteiger charge is -2.20. The fourth-order valence-electron chi connectivity index (χ4n) is 1.67. The molecular weight excluding hydrogens is 268 g/mol. The molecule has 106 valence electrons. The first-order chi connectivity index (χ1) is 8.79. The van der Waals surface area contributed by atoms with Crippen LogP contribution in [0.15, 0.2) is 23.1 Å². The summed E-state index contributed by atoms with van der Waals surface area (Å²) in [6, 6.07) is 4.04. The lowest BCUT2D eigenvalue weighted by atomic mass is 10.1. The molecular formula is C12H18N2O4S. The standard InChI is InChI=1S/C12H18N2O4S/c1-3-14(4-5-15)12(16)9-6-10(13)8-11(7-9)19(2,17)18/h6-8,15H,3-5,13H2,1-2H3. The highest BCUT2D eigenvalue weighted by atomic mass is 32.2. The molecule has 0 heterocycles. The Morgan fingerprint density at radius 1 is 1.37 bits per heavy atom. The summed E-state index contributed by atoms with van der Waals surface area (Å²) in [4.78, 5) is 13.6. The molecule has 1 aromatic rings. The summed E-state index contributed by atoms with van der Waals surface area (Å²) in [6.45, 7) is 2.24. The Morgan fingerprint density at radius 3 is 2.47 bits per heavy atom. The predicted molar refractivity (Wildman–Crippen MR) is 72.6 cm³/mol. The molecule has 0 aliphatic heterocycles. The van der Waals surface area contributed by atoms with Crippen LogP contribution in [0.2, 0.25) is 0 Å². The number of carbonyl (C=O) groups excluding carboxylic acids is 1. The lowest BCUT2D eigenvalue weighted by Crippen LogP contribution is -2.33. The van der Waals surface area contributed by atoms with Crippen LogP contribution in [0.4, 0.5) is 5.69 Å². The molecule has 0 aliphatic rings. The van der Waals surface area contributed by atoms with E-state index in [9.17, 15) is 13.2 Å². The summed E-state index contributed by atoms with van der Waals surface area (Å²) in [7, 11) is -3.43. The third-order valence-electron chi connectivity index (χ3n) is 2.64. The molecule has 0 radical (unpaired) electrons. The number of sulfone groups is 1. The number of nitrogens with zero attached hydrogens (tertiary/aromatic N) is 1. The van der Waals surface area contributed by atoms with E-state index >= 15 is 0 Å². The number of nitrogens with two attached hydrogens (primary N) is 1.